The van der Waals surface area contributed by atoms with Gasteiger partial charge in [0.25, 0.3) is 0 Å². The Kier molecular flexibility index (Phi) is 5.62. The number of pyridine rings is 3. The Morgan fingerprint density at radius 2 is 1.92 bits per heavy atom. The molecule has 10 nitrogen and oxygen atoms in total. The second kappa shape index (κ2) is 9.25. The summed E-state index contributed by atoms with van der Waals surface area (Å²) in [5.41, 5.74) is 6.20. The SMILES string of the molecule is CN(C)CC(=O)Nc1cncc(-n2nc(-c3nc4c(-c5cccnc5)ccnc4[nH]3)c3ccccc32)c1. The van der Waals surface area contributed by atoms with Gasteiger partial charge in [0.1, 0.15) is 11.2 Å². The lowest BCUT2D eigenvalue weighted by molar-refractivity contribution is -0.116. The van der Waals surface area contributed by atoms with Gasteiger partial charge < -0.3 is 15.2 Å². The number of anilines is 1. The van der Waals surface area contributed by atoms with Crippen molar-refractivity contribution < 1.29 is 4.79 Å². The van der Waals surface area contributed by atoms with Gasteiger partial charge in [0.15, 0.2) is 11.5 Å². The van der Waals surface area contributed by atoms with Gasteiger partial charge in [-0.1, -0.05) is 24.3 Å². The minimum absolute atomic E-state index is 0.117. The summed E-state index contributed by atoms with van der Waals surface area (Å²) < 4.78 is 1.81. The van der Waals surface area contributed by atoms with E-state index in [1.54, 1.807) is 24.8 Å². The Morgan fingerprint density at radius 3 is 2.76 bits per heavy atom. The van der Waals surface area contributed by atoms with E-state index in [0.29, 0.717) is 22.9 Å². The molecule has 0 aliphatic carbocycles. The Hall–Kier alpha value is -4.96. The van der Waals surface area contributed by atoms with Crippen LogP contribution in [0.25, 0.3) is 50.4 Å². The molecular formula is C27H23N9O. The number of nitrogens with zero attached hydrogens (tertiary/aromatic N) is 7. The van der Waals surface area contributed by atoms with Gasteiger partial charge in [-0.2, -0.15) is 5.10 Å². The minimum Gasteiger partial charge on any atom is -0.324 e. The van der Waals surface area contributed by atoms with Crippen molar-refractivity contribution in [2.24, 2.45) is 0 Å². The van der Waals surface area contributed by atoms with Crippen molar-refractivity contribution in [2.75, 3.05) is 26.0 Å². The summed E-state index contributed by atoms with van der Waals surface area (Å²) in [6.45, 7) is 0.278. The summed E-state index contributed by atoms with van der Waals surface area (Å²) in [5, 5.41) is 8.73. The number of hydrogen-bond donors (Lipinski definition) is 2. The van der Waals surface area contributed by atoms with E-state index in [2.05, 4.69) is 25.3 Å². The maximum Gasteiger partial charge on any atom is 0.238 e. The summed E-state index contributed by atoms with van der Waals surface area (Å²) in [4.78, 5) is 35.4. The first-order valence-electron chi connectivity index (χ1n) is 11.7. The zero-order valence-electron chi connectivity index (χ0n) is 20.3. The number of fused-ring (bicyclic) bond motifs is 2. The Morgan fingerprint density at radius 1 is 1.03 bits per heavy atom. The van der Waals surface area contributed by atoms with Gasteiger partial charge in [-0.25, -0.2) is 14.6 Å². The molecule has 37 heavy (non-hydrogen) atoms. The van der Waals surface area contributed by atoms with Gasteiger partial charge in [-0.15, -0.1) is 0 Å². The topological polar surface area (TPSA) is 118 Å². The molecule has 6 rings (SSSR count). The number of hydrogen-bond acceptors (Lipinski definition) is 7. The Balaban J connectivity index is 1.44. The van der Waals surface area contributed by atoms with E-state index in [-0.39, 0.29) is 12.5 Å². The smallest absolute Gasteiger partial charge is 0.238 e. The number of imidazole rings is 1. The first-order chi connectivity index (χ1) is 18.1. The van der Waals surface area contributed by atoms with Gasteiger partial charge >= 0.3 is 0 Å². The molecule has 0 spiro atoms. The van der Waals surface area contributed by atoms with Crippen molar-refractivity contribution in [2.45, 2.75) is 0 Å². The summed E-state index contributed by atoms with van der Waals surface area (Å²) >= 11 is 0. The van der Waals surface area contributed by atoms with Crippen LogP contribution < -0.4 is 5.32 Å². The lowest BCUT2D eigenvalue weighted by Gasteiger charge is -2.11. The minimum atomic E-state index is -0.117. The number of aromatic amines is 1. The van der Waals surface area contributed by atoms with Crippen LogP contribution in [0.1, 0.15) is 0 Å². The van der Waals surface area contributed by atoms with Crippen LogP contribution in [0, 0.1) is 0 Å². The zero-order valence-corrected chi connectivity index (χ0v) is 20.3. The molecule has 0 bridgehead atoms. The number of carbonyl (C=O) groups excluding carboxylic acids is 1. The molecule has 1 aromatic carbocycles. The van der Waals surface area contributed by atoms with Crippen LogP contribution in [-0.4, -0.2) is 66.1 Å². The number of carbonyl (C=O) groups is 1. The summed E-state index contributed by atoms with van der Waals surface area (Å²) in [6.07, 6.45) is 8.64. The number of nitrogens with one attached hydrogen (secondary N) is 2. The molecular weight excluding hydrogens is 466 g/mol. The molecule has 2 N–H and O–H groups in total. The maximum atomic E-state index is 12.3. The molecule has 10 heteroatoms. The van der Waals surface area contributed by atoms with Crippen LogP contribution in [0.15, 0.2) is 79.5 Å². The van der Waals surface area contributed by atoms with Crippen molar-refractivity contribution in [1.29, 1.82) is 0 Å². The molecule has 0 fully saturated rings. The fourth-order valence-electron chi connectivity index (χ4n) is 4.32. The zero-order chi connectivity index (χ0) is 25.4. The number of rotatable bonds is 6. The average Bonchev–Trinajstić information content (AvgIpc) is 3.50. The Labute approximate surface area is 212 Å². The Bertz CT molecular complexity index is 1740. The monoisotopic (exact) mass is 489 g/mol. The van der Waals surface area contributed by atoms with Gasteiger partial charge in [-0.3, -0.25) is 14.8 Å². The quantitative estimate of drug-likeness (QED) is 0.364. The third kappa shape index (κ3) is 4.30. The average molecular weight is 490 g/mol. The lowest BCUT2D eigenvalue weighted by atomic mass is 10.1. The lowest BCUT2D eigenvalue weighted by Crippen LogP contribution is -2.27. The highest BCUT2D eigenvalue weighted by Gasteiger charge is 2.19. The van der Waals surface area contributed by atoms with E-state index in [1.165, 1.54) is 0 Å². The highest BCUT2D eigenvalue weighted by atomic mass is 16.2. The highest BCUT2D eigenvalue weighted by Crippen LogP contribution is 2.32. The standard InChI is InChI=1S/C27H23N9O/c1-35(2)16-23(37)31-18-12-19(15-29-14-18)36-22-8-4-3-7-21(22)25(34-36)27-32-24-20(9-11-30-26(24)33-27)17-6-5-10-28-13-17/h3-15H,16H2,1-2H3,(H,31,37)(H,30,32,33). The number of H-pyrrole nitrogens is 1. The molecule has 5 heterocycles. The van der Waals surface area contributed by atoms with Crippen LogP contribution >= 0.6 is 0 Å². The van der Waals surface area contributed by atoms with Crippen molar-refractivity contribution in [3.8, 4) is 28.3 Å². The molecule has 0 aliphatic heterocycles. The normalized spacial score (nSPS) is 11.4. The predicted octanol–water partition coefficient (Wildman–Crippen LogP) is 3.92. The van der Waals surface area contributed by atoms with E-state index in [0.717, 1.165) is 33.2 Å². The van der Waals surface area contributed by atoms with E-state index in [9.17, 15) is 4.79 Å². The molecule has 0 radical (unpaired) electrons. The van der Waals surface area contributed by atoms with Crippen molar-refractivity contribution in [3.05, 3.63) is 79.5 Å². The van der Waals surface area contributed by atoms with Crippen LogP contribution in [0.3, 0.4) is 0 Å². The van der Waals surface area contributed by atoms with Gasteiger partial charge in [-0.05, 0) is 38.4 Å². The van der Waals surface area contributed by atoms with Crippen LogP contribution in [0.2, 0.25) is 0 Å². The molecule has 6 aromatic rings. The first kappa shape index (κ1) is 22.5. The number of likely N-dealkylation sites (N-methyl/N-ethyl adjacent to an activating group) is 1. The molecule has 0 aliphatic rings. The van der Waals surface area contributed by atoms with Crippen LogP contribution in [-0.2, 0) is 4.79 Å². The molecule has 0 atom stereocenters. The predicted molar refractivity (Wildman–Crippen MR) is 142 cm³/mol. The fraction of sp³-hybridized carbons (Fsp3) is 0.111. The van der Waals surface area contributed by atoms with E-state index in [4.69, 9.17) is 10.1 Å². The number of para-hydroxylation sites is 1. The largest absolute Gasteiger partial charge is 0.324 e. The van der Waals surface area contributed by atoms with Crippen LogP contribution in [0.4, 0.5) is 5.69 Å². The number of aromatic nitrogens is 7. The van der Waals surface area contributed by atoms with E-state index in [1.807, 2.05) is 78.4 Å². The molecule has 5 aromatic heterocycles. The summed E-state index contributed by atoms with van der Waals surface area (Å²) in [7, 11) is 3.69. The summed E-state index contributed by atoms with van der Waals surface area (Å²) in [6, 6.07) is 15.6. The van der Waals surface area contributed by atoms with Gasteiger partial charge in [0.2, 0.25) is 5.91 Å². The van der Waals surface area contributed by atoms with E-state index < -0.39 is 0 Å². The summed E-state index contributed by atoms with van der Waals surface area (Å²) in [5.74, 6) is 0.492. The molecule has 0 saturated carbocycles. The highest BCUT2D eigenvalue weighted by molar-refractivity contribution is 5.97. The third-order valence-electron chi connectivity index (χ3n) is 5.88. The van der Waals surface area contributed by atoms with Crippen molar-refractivity contribution in [3.63, 3.8) is 0 Å². The second-order valence-electron chi connectivity index (χ2n) is 8.88. The van der Waals surface area contributed by atoms with Gasteiger partial charge in [0.05, 0.1) is 35.8 Å². The molecule has 1 amide bonds. The van der Waals surface area contributed by atoms with Crippen molar-refractivity contribution in [1.82, 2.24) is 39.6 Å². The molecule has 182 valence electrons. The second-order valence-corrected chi connectivity index (χ2v) is 8.88. The first-order valence-corrected chi connectivity index (χ1v) is 11.7. The van der Waals surface area contributed by atoms with Crippen LogP contribution in [0.5, 0.6) is 0 Å². The van der Waals surface area contributed by atoms with Crippen molar-refractivity contribution >= 4 is 33.7 Å². The van der Waals surface area contributed by atoms with E-state index >= 15 is 0 Å². The van der Waals surface area contributed by atoms with Gasteiger partial charge in [0, 0.05) is 35.1 Å². The fourth-order valence-corrected chi connectivity index (χ4v) is 4.32. The molecule has 0 unspecified atom stereocenters. The maximum absolute atomic E-state index is 12.3. The third-order valence-corrected chi connectivity index (χ3v) is 5.88. The number of benzene rings is 1. The molecule has 0 saturated heterocycles. The number of amides is 1.